The van der Waals surface area contributed by atoms with E-state index in [4.69, 9.17) is 14.2 Å². The van der Waals surface area contributed by atoms with Crippen molar-refractivity contribution < 1.29 is 14.2 Å². The Labute approximate surface area is 188 Å². The molecule has 6 heteroatoms. The van der Waals surface area contributed by atoms with Gasteiger partial charge in [-0.3, -0.25) is 0 Å². The predicted molar refractivity (Wildman–Crippen MR) is 124 cm³/mol. The number of ether oxygens (including phenoxy) is 3. The van der Waals surface area contributed by atoms with Crippen molar-refractivity contribution in [1.29, 1.82) is 0 Å². The third-order valence-corrected chi connectivity index (χ3v) is 7.78. The van der Waals surface area contributed by atoms with E-state index in [1.807, 2.05) is 0 Å². The second-order valence-electron chi connectivity index (χ2n) is 10.8. The van der Waals surface area contributed by atoms with Crippen molar-refractivity contribution in [2.75, 3.05) is 65.8 Å². The van der Waals surface area contributed by atoms with E-state index in [0.717, 1.165) is 90.8 Å². The highest BCUT2D eigenvalue weighted by molar-refractivity contribution is 5.15. The highest BCUT2D eigenvalue weighted by Gasteiger charge is 2.36. The van der Waals surface area contributed by atoms with Crippen molar-refractivity contribution in [3.8, 4) is 0 Å². The van der Waals surface area contributed by atoms with Gasteiger partial charge in [0.1, 0.15) is 5.76 Å². The molecule has 0 amide bonds. The summed E-state index contributed by atoms with van der Waals surface area (Å²) in [5.41, 5.74) is 2.05. The Kier molecular flexibility index (Phi) is 7.63. The third kappa shape index (κ3) is 6.47. The molecule has 0 aromatic heterocycles. The van der Waals surface area contributed by atoms with Gasteiger partial charge in [0.25, 0.3) is 0 Å². The van der Waals surface area contributed by atoms with E-state index in [1.165, 1.54) is 25.0 Å². The van der Waals surface area contributed by atoms with E-state index in [0.29, 0.717) is 5.41 Å². The molecule has 6 nitrogen and oxygen atoms in total. The van der Waals surface area contributed by atoms with Gasteiger partial charge in [0, 0.05) is 36.3 Å². The fourth-order valence-electron chi connectivity index (χ4n) is 5.35. The second-order valence-corrected chi connectivity index (χ2v) is 10.8. The van der Waals surface area contributed by atoms with Crippen molar-refractivity contribution >= 4 is 0 Å². The molecular formula is C25H43N3O3. The Morgan fingerprint density at radius 1 is 1.03 bits per heavy atom. The number of nitrogens with one attached hydrogen (secondary N) is 3. The first-order valence-electron chi connectivity index (χ1n) is 12.4. The van der Waals surface area contributed by atoms with E-state index < -0.39 is 0 Å². The van der Waals surface area contributed by atoms with Gasteiger partial charge in [0.2, 0.25) is 0 Å². The Morgan fingerprint density at radius 3 is 2.55 bits per heavy atom. The van der Waals surface area contributed by atoms with Gasteiger partial charge in [-0.15, -0.1) is 0 Å². The minimum Gasteiger partial charge on any atom is -0.496 e. The van der Waals surface area contributed by atoms with Crippen LogP contribution < -0.4 is 16.0 Å². The quantitative estimate of drug-likeness (QED) is 0.486. The summed E-state index contributed by atoms with van der Waals surface area (Å²) in [6.07, 6.45) is 11.8. The zero-order valence-electron chi connectivity index (χ0n) is 19.7. The molecule has 176 valence electrons. The topological polar surface area (TPSA) is 63.8 Å². The molecule has 4 aliphatic rings. The Hall–Kier alpha value is -1.08. The molecule has 3 N–H and O–H groups in total. The standard InChI is InChI=1S/C25H43N3O3/c1-23(3-9-26-10-4-23)5-11-27-17-21(15-24(2)6-12-29-19-24)28-18-22-16-25(8-14-31-22)7-13-30-20-25/h15-16,26-28H,3-14,17-20H2,1-2H3/b21-15-. The first kappa shape index (κ1) is 23.1. The average Bonchev–Trinajstić information content (AvgIpc) is 3.39. The summed E-state index contributed by atoms with van der Waals surface area (Å²) >= 11 is 0. The Bertz CT molecular complexity index is 642. The number of hydrogen-bond acceptors (Lipinski definition) is 6. The Balaban J connectivity index is 1.32. The highest BCUT2D eigenvalue weighted by atomic mass is 16.5. The predicted octanol–water partition coefficient (Wildman–Crippen LogP) is 2.97. The van der Waals surface area contributed by atoms with Gasteiger partial charge in [-0.1, -0.05) is 19.9 Å². The van der Waals surface area contributed by atoms with E-state index in [2.05, 4.69) is 41.9 Å². The van der Waals surface area contributed by atoms with Crippen LogP contribution in [-0.4, -0.2) is 65.8 Å². The summed E-state index contributed by atoms with van der Waals surface area (Å²) in [6, 6.07) is 0. The summed E-state index contributed by atoms with van der Waals surface area (Å²) in [7, 11) is 0. The van der Waals surface area contributed by atoms with Crippen LogP contribution in [0.5, 0.6) is 0 Å². The normalized spacial score (nSPS) is 33.4. The van der Waals surface area contributed by atoms with E-state index in [-0.39, 0.29) is 10.8 Å². The van der Waals surface area contributed by atoms with Crippen LogP contribution in [0.1, 0.15) is 52.4 Å². The molecule has 4 aliphatic heterocycles. The molecule has 3 saturated heterocycles. The molecule has 0 aromatic rings. The first-order chi connectivity index (χ1) is 15.0. The second kappa shape index (κ2) is 10.2. The van der Waals surface area contributed by atoms with E-state index >= 15 is 0 Å². The molecule has 0 radical (unpaired) electrons. The zero-order chi connectivity index (χ0) is 21.6. The van der Waals surface area contributed by atoms with Crippen LogP contribution in [0.2, 0.25) is 0 Å². The van der Waals surface area contributed by atoms with Crippen molar-refractivity contribution in [3.05, 3.63) is 23.6 Å². The SMILES string of the molecule is CC1(/C=C(/CNCCC2(C)CCNCC2)NCC2=CC3(CCOC3)CCO2)CCOC1. The lowest BCUT2D eigenvalue weighted by Gasteiger charge is -2.34. The van der Waals surface area contributed by atoms with Crippen molar-refractivity contribution in [1.82, 2.24) is 16.0 Å². The summed E-state index contributed by atoms with van der Waals surface area (Å²) in [5.74, 6) is 1.07. The van der Waals surface area contributed by atoms with Crippen LogP contribution in [0.4, 0.5) is 0 Å². The van der Waals surface area contributed by atoms with Crippen LogP contribution in [0.25, 0.3) is 0 Å². The minimum absolute atomic E-state index is 0.118. The molecular weight excluding hydrogens is 390 g/mol. The molecule has 4 heterocycles. The first-order valence-corrected chi connectivity index (χ1v) is 12.4. The molecule has 1 spiro atoms. The number of piperidine rings is 1. The third-order valence-electron chi connectivity index (χ3n) is 7.78. The molecule has 0 bridgehead atoms. The minimum atomic E-state index is 0.118. The van der Waals surface area contributed by atoms with Crippen LogP contribution in [-0.2, 0) is 14.2 Å². The molecule has 2 atom stereocenters. The largest absolute Gasteiger partial charge is 0.496 e. The lowest BCUT2D eigenvalue weighted by atomic mass is 9.78. The van der Waals surface area contributed by atoms with Crippen molar-refractivity contribution in [2.24, 2.45) is 16.2 Å². The molecule has 4 rings (SSSR count). The fourth-order valence-corrected chi connectivity index (χ4v) is 5.35. The molecule has 31 heavy (non-hydrogen) atoms. The molecule has 0 saturated carbocycles. The lowest BCUT2D eigenvalue weighted by Crippen LogP contribution is -2.37. The van der Waals surface area contributed by atoms with Crippen LogP contribution in [0, 0.1) is 16.2 Å². The highest BCUT2D eigenvalue weighted by Crippen LogP contribution is 2.38. The molecule has 2 unspecified atom stereocenters. The summed E-state index contributed by atoms with van der Waals surface area (Å²) < 4.78 is 17.4. The van der Waals surface area contributed by atoms with Gasteiger partial charge >= 0.3 is 0 Å². The molecule has 0 aliphatic carbocycles. The van der Waals surface area contributed by atoms with Gasteiger partial charge < -0.3 is 30.2 Å². The number of hydrogen-bond donors (Lipinski definition) is 3. The van der Waals surface area contributed by atoms with Gasteiger partial charge in [0.15, 0.2) is 0 Å². The lowest BCUT2D eigenvalue weighted by molar-refractivity contribution is 0.108. The maximum atomic E-state index is 5.99. The molecule has 0 aromatic carbocycles. The average molecular weight is 434 g/mol. The fraction of sp³-hybridized carbons (Fsp3) is 0.840. The van der Waals surface area contributed by atoms with Crippen LogP contribution >= 0.6 is 0 Å². The molecule has 3 fully saturated rings. The zero-order valence-corrected chi connectivity index (χ0v) is 19.7. The maximum Gasteiger partial charge on any atom is 0.112 e. The van der Waals surface area contributed by atoms with Crippen molar-refractivity contribution in [2.45, 2.75) is 52.4 Å². The van der Waals surface area contributed by atoms with Gasteiger partial charge in [-0.25, -0.2) is 0 Å². The summed E-state index contributed by atoms with van der Waals surface area (Å²) in [5, 5.41) is 10.9. The van der Waals surface area contributed by atoms with Gasteiger partial charge in [-0.05, 0) is 69.7 Å². The summed E-state index contributed by atoms with van der Waals surface area (Å²) in [6.45, 7) is 13.9. The smallest absolute Gasteiger partial charge is 0.112 e. The maximum absolute atomic E-state index is 5.99. The van der Waals surface area contributed by atoms with Gasteiger partial charge in [-0.2, -0.15) is 0 Å². The van der Waals surface area contributed by atoms with Crippen molar-refractivity contribution in [3.63, 3.8) is 0 Å². The Morgan fingerprint density at radius 2 is 1.81 bits per heavy atom. The van der Waals surface area contributed by atoms with Crippen LogP contribution in [0.3, 0.4) is 0 Å². The monoisotopic (exact) mass is 433 g/mol. The summed E-state index contributed by atoms with van der Waals surface area (Å²) in [4.78, 5) is 0. The van der Waals surface area contributed by atoms with Crippen LogP contribution in [0.15, 0.2) is 23.6 Å². The number of rotatable bonds is 9. The van der Waals surface area contributed by atoms with E-state index in [9.17, 15) is 0 Å². The van der Waals surface area contributed by atoms with E-state index in [1.54, 1.807) is 0 Å². The van der Waals surface area contributed by atoms with Gasteiger partial charge in [0.05, 0.1) is 26.4 Å².